The largest absolute Gasteiger partial charge is 0.331 e. The Kier molecular flexibility index (Phi) is 7.13. The molecule has 1 aromatic heterocycles. The molecule has 0 radical (unpaired) electrons. The summed E-state index contributed by atoms with van der Waals surface area (Å²) >= 11 is 1.37. The maximum absolute atomic E-state index is 13.2. The second-order valence-electron chi connectivity index (χ2n) is 7.10. The second-order valence-corrected chi connectivity index (χ2v) is 8.04. The molecule has 0 saturated carbocycles. The number of carbonyl (C=O) groups is 1. The summed E-state index contributed by atoms with van der Waals surface area (Å²) in [7, 11) is 0. The van der Waals surface area contributed by atoms with Crippen molar-refractivity contribution < 1.29 is 14.1 Å². The average molecular weight is 479 g/mol. The highest BCUT2D eigenvalue weighted by Crippen LogP contribution is 2.26. The molecule has 1 heterocycles. The number of thioether (sulfide) groups is 1. The van der Waals surface area contributed by atoms with Gasteiger partial charge in [-0.3, -0.25) is 14.7 Å². The zero-order valence-corrected chi connectivity index (χ0v) is 18.5. The number of rotatable bonds is 8. The fraction of sp³-hybridized carbons (Fsp3) is 0.0870. The van der Waals surface area contributed by atoms with E-state index in [0.717, 1.165) is 5.56 Å². The van der Waals surface area contributed by atoms with Crippen LogP contribution in [0.3, 0.4) is 0 Å². The lowest BCUT2D eigenvalue weighted by atomic mass is 10.2. The first-order valence-electron chi connectivity index (χ1n) is 10.2. The summed E-state index contributed by atoms with van der Waals surface area (Å²) in [6.45, 7) is 0.0692. The van der Waals surface area contributed by atoms with E-state index in [-0.39, 0.29) is 18.0 Å². The van der Waals surface area contributed by atoms with Crippen LogP contribution in [0.5, 0.6) is 0 Å². The smallest absolute Gasteiger partial charge is 0.319 e. The van der Waals surface area contributed by atoms with Crippen molar-refractivity contribution in [2.24, 2.45) is 0 Å². The third-order valence-corrected chi connectivity index (χ3v) is 5.74. The number of halogens is 1. The van der Waals surface area contributed by atoms with Crippen LogP contribution in [0.25, 0.3) is 5.69 Å². The number of amides is 2. The zero-order chi connectivity index (χ0) is 23.9. The number of nitro benzene ring substituents is 1. The molecule has 0 aliphatic rings. The molecule has 2 N–H and O–H groups in total. The summed E-state index contributed by atoms with van der Waals surface area (Å²) in [6, 6.07) is 20.7. The highest BCUT2D eigenvalue weighted by atomic mass is 32.2. The lowest BCUT2D eigenvalue weighted by Gasteiger charge is -2.11. The quantitative estimate of drug-likeness (QED) is 0.211. The highest BCUT2D eigenvalue weighted by molar-refractivity contribution is 7.98. The monoisotopic (exact) mass is 478 g/mol. The number of nitro groups is 1. The summed E-state index contributed by atoms with van der Waals surface area (Å²) in [5.41, 5.74) is 2.11. The van der Waals surface area contributed by atoms with Gasteiger partial charge in [-0.15, -0.1) is 10.2 Å². The van der Waals surface area contributed by atoms with Crippen LogP contribution >= 0.6 is 11.8 Å². The Bertz CT molecular complexity index is 1280. The Morgan fingerprint density at radius 1 is 1.00 bits per heavy atom. The fourth-order valence-corrected chi connectivity index (χ4v) is 4.00. The molecule has 172 valence electrons. The molecule has 4 rings (SSSR count). The number of nitrogens with zero attached hydrogens (tertiary/aromatic N) is 4. The molecule has 0 aliphatic heterocycles. The van der Waals surface area contributed by atoms with Gasteiger partial charge in [0.2, 0.25) is 0 Å². The summed E-state index contributed by atoms with van der Waals surface area (Å²) in [5.74, 6) is 0.636. The van der Waals surface area contributed by atoms with Gasteiger partial charge in [-0.1, -0.05) is 42.1 Å². The van der Waals surface area contributed by atoms with E-state index in [0.29, 0.717) is 28.1 Å². The molecule has 0 unspecified atom stereocenters. The molecular formula is C23H19FN6O3S. The van der Waals surface area contributed by atoms with Crippen molar-refractivity contribution in [1.82, 2.24) is 20.1 Å². The van der Waals surface area contributed by atoms with Gasteiger partial charge in [0.1, 0.15) is 5.82 Å². The fourth-order valence-electron chi connectivity index (χ4n) is 3.08. The average Bonchev–Trinajstić information content (AvgIpc) is 3.26. The molecule has 0 atom stereocenters. The van der Waals surface area contributed by atoms with Gasteiger partial charge in [-0.2, -0.15) is 0 Å². The minimum Gasteiger partial charge on any atom is -0.331 e. The van der Waals surface area contributed by atoms with Crippen LogP contribution < -0.4 is 10.6 Å². The lowest BCUT2D eigenvalue weighted by Crippen LogP contribution is -2.29. The Morgan fingerprint density at radius 2 is 1.71 bits per heavy atom. The molecule has 0 spiro atoms. The zero-order valence-electron chi connectivity index (χ0n) is 17.7. The molecule has 3 aromatic carbocycles. The highest BCUT2D eigenvalue weighted by Gasteiger charge is 2.17. The maximum atomic E-state index is 13.2. The van der Waals surface area contributed by atoms with Gasteiger partial charge < -0.3 is 10.6 Å². The van der Waals surface area contributed by atoms with Crippen molar-refractivity contribution in [1.29, 1.82) is 0 Å². The van der Waals surface area contributed by atoms with E-state index in [1.165, 1.54) is 36.0 Å². The van der Waals surface area contributed by atoms with Crippen LogP contribution in [0.1, 0.15) is 11.4 Å². The number of hydrogen-bond acceptors (Lipinski definition) is 6. The normalized spacial score (nSPS) is 10.6. The van der Waals surface area contributed by atoms with Gasteiger partial charge in [0.15, 0.2) is 11.0 Å². The number of anilines is 1. The first kappa shape index (κ1) is 22.9. The van der Waals surface area contributed by atoms with Crippen molar-refractivity contribution >= 4 is 29.2 Å². The van der Waals surface area contributed by atoms with Crippen molar-refractivity contribution in [2.75, 3.05) is 5.32 Å². The van der Waals surface area contributed by atoms with E-state index in [1.54, 1.807) is 41.0 Å². The predicted octanol–water partition coefficient (Wildman–Crippen LogP) is 4.93. The Hall–Kier alpha value is -4.25. The van der Waals surface area contributed by atoms with E-state index in [4.69, 9.17) is 0 Å². The van der Waals surface area contributed by atoms with Crippen LogP contribution in [0.15, 0.2) is 84.0 Å². The Labute approximate surface area is 198 Å². The number of aromatic nitrogens is 3. The number of non-ortho nitro benzene ring substituents is 1. The molecule has 4 aromatic rings. The van der Waals surface area contributed by atoms with Crippen LogP contribution in [-0.4, -0.2) is 25.7 Å². The molecule has 0 saturated heterocycles. The summed E-state index contributed by atoms with van der Waals surface area (Å²) in [5, 5.41) is 25.5. The first-order valence-corrected chi connectivity index (χ1v) is 11.1. The minimum absolute atomic E-state index is 0.0424. The molecular weight excluding hydrogens is 459 g/mol. The molecule has 2 amide bonds. The van der Waals surface area contributed by atoms with E-state index < -0.39 is 11.0 Å². The SMILES string of the molecule is O=C(NCc1nnc(SCc2ccc(F)cc2)n1-c1ccc([N+](=O)[O-])cc1)Nc1ccccc1. The molecule has 34 heavy (non-hydrogen) atoms. The van der Waals surface area contributed by atoms with Gasteiger partial charge in [-0.25, -0.2) is 9.18 Å². The van der Waals surface area contributed by atoms with E-state index >= 15 is 0 Å². The number of nitrogens with one attached hydrogen (secondary N) is 2. The summed E-state index contributed by atoms with van der Waals surface area (Å²) in [6.07, 6.45) is 0. The van der Waals surface area contributed by atoms with Gasteiger partial charge in [0, 0.05) is 29.3 Å². The number of para-hydroxylation sites is 1. The van der Waals surface area contributed by atoms with Gasteiger partial charge in [0.25, 0.3) is 5.69 Å². The van der Waals surface area contributed by atoms with E-state index in [9.17, 15) is 19.3 Å². The second kappa shape index (κ2) is 10.6. The van der Waals surface area contributed by atoms with Crippen LogP contribution in [0.4, 0.5) is 20.6 Å². The maximum Gasteiger partial charge on any atom is 0.319 e. The predicted molar refractivity (Wildman–Crippen MR) is 126 cm³/mol. The van der Waals surface area contributed by atoms with E-state index in [1.807, 2.05) is 18.2 Å². The van der Waals surface area contributed by atoms with Crippen molar-refractivity contribution in [3.05, 3.63) is 106 Å². The van der Waals surface area contributed by atoms with Gasteiger partial charge in [0.05, 0.1) is 11.5 Å². The van der Waals surface area contributed by atoms with Crippen molar-refractivity contribution in [2.45, 2.75) is 17.5 Å². The minimum atomic E-state index is -0.476. The Balaban J connectivity index is 1.54. The van der Waals surface area contributed by atoms with Gasteiger partial charge in [-0.05, 0) is 42.0 Å². The molecule has 0 fully saturated rings. The number of benzene rings is 3. The van der Waals surface area contributed by atoms with E-state index in [2.05, 4.69) is 20.8 Å². The van der Waals surface area contributed by atoms with Crippen LogP contribution in [-0.2, 0) is 12.3 Å². The standard InChI is InChI=1S/C23H19FN6O3S/c24-17-8-6-16(7-9-17)15-34-23-28-27-21(14-25-22(31)26-18-4-2-1-3-5-18)29(23)19-10-12-20(13-11-19)30(32)33/h1-13H,14-15H2,(H2,25,26,31). The molecule has 9 nitrogen and oxygen atoms in total. The molecule has 11 heteroatoms. The van der Waals surface area contributed by atoms with Crippen molar-refractivity contribution in [3.8, 4) is 5.69 Å². The molecule has 0 aliphatic carbocycles. The number of urea groups is 1. The lowest BCUT2D eigenvalue weighted by molar-refractivity contribution is -0.384. The topological polar surface area (TPSA) is 115 Å². The summed E-state index contributed by atoms with van der Waals surface area (Å²) < 4.78 is 14.9. The van der Waals surface area contributed by atoms with Crippen LogP contribution in [0, 0.1) is 15.9 Å². The van der Waals surface area contributed by atoms with Crippen molar-refractivity contribution in [3.63, 3.8) is 0 Å². The Morgan fingerprint density at radius 3 is 2.38 bits per heavy atom. The van der Waals surface area contributed by atoms with Crippen LogP contribution in [0.2, 0.25) is 0 Å². The summed E-state index contributed by atoms with van der Waals surface area (Å²) in [4.78, 5) is 22.9. The van der Waals surface area contributed by atoms with Gasteiger partial charge >= 0.3 is 6.03 Å². The molecule has 0 bridgehead atoms. The third-order valence-electron chi connectivity index (χ3n) is 4.74. The first-order chi connectivity index (χ1) is 16.5. The number of carbonyl (C=O) groups excluding carboxylic acids is 1. The third kappa shape index (κ3) is 5.75. The number of hydrogen-bond donors (Lipinski definition) is 2.